The van der Waals surface area contributed by atoms with E-state index in [9.17, 15) is 4.79 Å². The first-order chi connectivity index (χ1) is 16.2. The van der Waals surface area contributed by atoms with Crippen molar-refractivity contribution in [3.63, 3.8) is 0 Å². The number of fused-ring (bicyclic) bond motifs is 2. The molecule has 2 unspecified atom stereocenters. The largest absolute Gasteiger partial charge is 0.331 e. The van der Waals surface area contributed by atoms with E-state index in [-0.39, 0.29) is 11.9 Å². The molecule has 166 valence electrons. The molecule has 0 aliphatic carbocycles. The Morgan fingerprint density at radius 2 is 1.88 bits per heavy atom. The fraction of sp³-hybridized carbons (Fsp3) is 0.276. The molecule has 0 radical (unpaired) electrons. The standard InChI is InChI=1S/C29H29N3O/c1-3-20(2)17-28-23-12-8-7-9-21(23)14-16-32(28)29(33)24-18-27(22-10-5-4-6-11-22)31-26-13-15-30-19-25(24)26/h4-13,15,18-20,28H,3,14,16-17H2,1-2H3. The summed E-state index contributed by atoms with van der Waals surface area (Å²) in [6.45, 7) is 5.22. The van der Waals surface area contributed by atoms with Gasteiger partial charge in [0.25, 0.3) is 5.91 Å². The molecule has 4 heteroatoms. The molecule has 0 fully saturated rings. The predicted molar refractivity (Wildman–Crippen MR) is 133 cm³/mol. The fourth-order valence-corrected chi connectivity index (χ4v) is 4.85. The Labute approximate surface area is 195 Å². The second-order valence-electron chi connectivity index (χ2n) is 9.03. The van der Waals surface area contributed by atoms with E-state index >= 15 is 0 Å². The van der Waals surface area contributed by atoms with Gasteiger partial charge in [0, 0.05) is 29.9 Å². The van der Waals surface area contributed by atoms with Gasteiger partial charge in [-0.3, -0.25) is 9.78 Å². The molecule has 0 saturated carbocycles. The number of aromatic nitrogens is 2. The maximum atomic E-state index is 14.2. The van der Waals surface area contributed by atoms with E-state index in [2.05, 4.69) is 48.0 Å². The summed E-state index contributed by atoms with van der Waals surface area (Å²) < 4.78 is 0. The number of nitrogens with zero attached hydrogens (tertiary/aromatic N) is 3. The summed E-state index contributed by atoms with van der Waals surface area (Å²) in [5.74, 6) is 0.600. The van der Waals surface area contributed by atoms with Gasteiger partial charge in [-0.05, 0) is 42.0 Å². The number of carbonyl (C=O) groups excluding carboxylic acids is 1. The van der Waals surface area contributed by atoms with Crippen molar-refractivity contribution in [1.29, 1.82) is 0 Å². The van der Waals surface area contributed by atoms with E-state index in [1.807, 2.05) is 42.5 Å². The molecule has 0 saturated heterocycles. The molecular weight excluding hydrogens is 406 g/mol. The van der Waals surface area contributed by atoms with Gasteiger partial charge in [-0.15, -0.1) is 0 Å². The van der Waals surface area contributed by atoms with Crippen molar-refractivity contribution in [2.45, 2.75) is 39.2 Å². The van der Waals surface area contributed by atoms with Crippen LogP contribution in [0.5, 0.6) is 0 Å². The van der Waals surface area contributed by atoms with Crippen molar-refractivity contribution in [3.05, 3.63) is 95.8 Å². The SMILES string of the molecule is CCC(C)CC1c2ccccc2CCN1C(=O)c1cc(-c2ccccc2)nc2ccncc12. The van der Waals surface area contributed by atoms with Crippen LogP contribution >= 0.6 is 0 Å². The van der Waals surface area contributed by atoms with Crippen molar-refractivity contribution in [2.75, 3.05) is 6.54 Å². The van der Waals surface area contributed by atoms with Crippen LogP contribution in [-0.2, 0) is 6.42 Å². The van der Waals surface area contributed by atoms with Crippen LogP contribution in [0.4, 0.5) is 0 Å². The lowest BCUT2D eigenvalue weighted by molar-refractivity contribution is 0.0634. The first-order valence-corrected chi connectivity index (χ1v) is 11.8. The summed E-state index contributed by atoms with van der Waals surface area (Å²) in [4.78, 5) is 25.4. The van der Waals surface area contributed by atoms with Gasteiger partial charge in [0.05, 0.1) is 22.8 Å². The van der Waals surface area contributed by atoms with E-state index in [4.69, 9.17) is 4.98 Å². The highest BCUT2D eigenvalue weighted by Gasteiger charge is 2.33. The molecule has 4 nitrogen and oxygen atoms in total. The second kappa shape index (κ2) is 9.14. The van der Waals surface area contributed by atoms with Crippen molar-refractivity contribution < 1.29 is 4.79 Å². The second-order valence-corrected chi connectivity index (χ2v) is 9.03. The Balaban J connectivity index is 1.61. The molecule has 2 atom stereocenters. The Bertz CT molecular complexity index is 1280. The van der Waals surface area contributed by atoms with Crippen molar-refractivity contribution in [3.8, 4) is 11.3 Å². The first kappa shape index (κ1) is 21.3. The van der Waals surface area contributed by atoms with Crippen LogP contribution < -0.4 is 0 Å². The fourth-order valence-electron chi connectivity index (χ4n) is 4.85. The number of rotatable bonds is 5. The number of hydrogen-bond donors (Lipinski definition) is 0. The van der Waals surface area contributed by atoms with Gasteiger partial charge in [-0.1, -0.05) is 74.9 Å². The van der Waals surface area contributed by atoms with Crippen LogP contribution in [0.2, 0.25) is 0 Å². The monoisotopic (exact) mass is 435 g/mol. The van der Waals surface area contributed by atoms with E-state index < -0.39 is 0 Å². The zero-order chi connectivity index (χ0) is 22.8. The summed E-state index contributed by atoms with van der Waals surface area (Å²) in [5.41, 5.74) is 5.95. The van der Waals surface area contributed by atoms with Gasteiger partial charge in [-0.25, -0.2) is 4.98 Å². The van der Waals surface area contributed by atoms with Crippen LogP contribution in [0.3, 0.4) is 0 Å². The van der Waals surface area contributed by atoms with Crippen LogP contribution in [0.25, 0.3) is 22.2 Å². The van der Waals surface area contributed by atoms with E-state index in [1.54, 1.807) is 12.4 Å². The molecule has 0 spiro atoms. The normalized spacial score (nSPS) is 16.4. The third-order valence-corrected chi connectivity index (χ3v) is 6.91. The molecule has 33 heavy (non-hydrogen) atoms. The predicted octanol–water partition coefficient (Wildman–Crippen LogP) is 6.47. The summed E-state index contributed by atoms with van der Waals surface area (Å²) >= 11 is 0. The highest BCUT2D eigenvalue weighted by molar-refractivity contribution is 6.07. The van der Waals surface area contributed by atoms with Gasteiger partial charge in [0.15, 0.2) is 0 Å². The molecule has 0 bridgehead atoms. The van der Waals surface area contributed by atoms with E-state index in [0.29, 0.717) is 11.5 Å². The zero-order valence-corrected chi connectivity index (χ0v) is 19.2. The molecule has 1 amide bonds. The van der Waals surface area contributed by atoms with E-state index in [0.717, 1.165) is 48.0 Å². The Morgan fingerprint density at radius 1 is 1.09 bits per heavy atom. The quantitative estimate of drug-likeness (QED) is 0.361. The summed E-state index contributed by atoms with van der Waals surface area (Å²) in [6.07, 6.45) is 6.45. The topological polar surface area (TPSA) is 46.1 Å². The third-order valence-electron chi connectivity index (χ3n) is 6.91. The molecule has 2 aromatic carbocycles. The van der Waals surface area contributed by atoms with Crippen molar-refractivity contribution >= 4 is 16.8 Å². The molecule has 0 N–H and O–H groups in total. The lowest BCUT2D eigenvalue weighted by Crippen LogP contribution is -2.41. The molecule has 4 aromatic rings. The summed E-state index contributed by atoms with van der Waals surface area (Å²) in [5, 5.41) is 0.809. The van der Waals surface area contributed by atoms with Crippen molar-refractivity contribution in [2.24, 2.45) is 5.92 Å². The summed E-state index contributed by atoms with van der Waals surface area (Å²) in [7, 11) is 0. The van der Waals surface area contributed by atoms with Gasteiger partial charge in [0.1, 0.15) is 0 Å². The highest BCUT2D eigenvalue weighted by atomic mass is 16.2. The average molecular weight is 436 g/mol. The lowest BCUT2D eigenvalue weighted by atomic mass is 9.86. The minimum absolute atomic E-state index is 0.0652. The third kappa shape index (κ3) is 4.13. The number of benzene rings is 2. The highest BCUT2D eigenvalue weighted by Crippen LogP contribution is 2.37. The smallest absolute Gasteiger partial charge is 0.255 e. The minimum Gasteiger partial charge on any atom is -0.331 e. The van der Waals surface area contributed by atoms with Gasteiger partial charge in [0.2, 0.25) is 0 Å². The van der Waals surface area contributed by atoms with Crippen LogP contribution in [0.15, 0.2) is 79.1 Å². The zero-order valence-electron chi connectivity index (χ0n) is 19.2. The van der Waals surface area contributed by atoms with Crippen LogP contribution in [0.1, 0.15) is 54.2 Å². The van der Waals surface area contributed by atoms with Crippen LogP contribution in [-0.4, -0.2) is 27.3 Å². The lowest BCUT2D eigenvalue weighted by Gasteiger charge is -2.39. The maximum absolute atomic E-state index is 14.2. The molecule has 2 aromatic heterocycles. The molecule has 3 heterocycles. The number of carbonyl (C=O) groups is 1. The number of amides is 1. The average Bonchev–Trinajstić information content (AvgIpc) is 2.88. The number of pyridine rings is 2. The van der Waals surface area contributed by atoms with Gasteiger partial charge >= 0.3 is 0 Å². The summed E-state index contributed by atoms with van der Waals surface area (Å²) in [6, 6.07) is 22.6. The molecule has 1 aliphatic rings. The molecule has 5 rings (SSSR count). The van der Waals surface area contributed by atoms with E-state index in [1.165, 1.54) is 11.1 Å². The number of hydrogen-bond acceptors (Lipinski definition) is 3. The molecule has 1 aliphatic heterocycles. The van der Waals surface area contributed by atoms with Crippen LogP contribution in [0, 0.1) is 5.92 Å². The molecular formula is C29H29N3O. The van der Waals surface area contributed by atoms with Gasteiger partial charge < -0.3 is 4.90 Å². The Kier molecular flexibility index (Phi) is 5.91. The maximum Gasteiger partial charge on any atom is 0.255 e. The minimum atomic E-state index is 0.0652. The first-order valence-electron chi connectivity index (χ1n) is 11.8. The van der Waals surface area contributed by atoms with Gasteiger partial charge in [-0.2, -0.15) is 0 Å². The Hall–Kier alpha value is -3.53. The Morgan fingerprint density at radius 3 is 2.70 bits per heavy atom. The van der Waals surface area contributed by atoms with Crippen molar-refractivity contribution in [1.82, 2.24) is 14.9 Å².